The van der Waals surface area contributed by atoms with Crippen LogP contribution in [0.25, 0.3) is 0 Å². The fraction of sp³-hybridized carbons (Fsp3) is 0.167. The van der Waals surface area contributed by atoms with Gasteiger partial charge in [0, 0.05) is 22.5 Å². The van der Waals surface area contributed by atoms with Crippen LogP contribution < -0.4 is 5.43 Å². The number of halogens is 3. The predicted octanol–water partition coefficient (Wildman–Crippen LogP) is 5.52. The zero-order chi connectivity index (χ0) is 18.6. The number of hydrogen-bond donors (Lipinski definition) is 1. The smallest absolute Gasteiger partial charge is 0.176 e. The molecule has 0 bridgehead atoms. The maximum Gasteiger partial charge on any atom is 0.176 e. The van der Waals surface area contributed by atoms with Crippen LogP contribution in [0.3, 0.4) is 0 Å². The van der Waals surface area contributed by atoms with Gasteiger partial charge < -0.3 is 0 Å². The van der Waals surface area contributed by atoms with E-state index in [1.807, 2.05) is 0 Å². The molecule has 1 unspecified atom stereocenters. The summed E-state index contributed by atoms with van der Waals surface area (Å²) in [6, 6.07) is 11.3. The van der Waals surface area contributed by atoms with Crippen LogP contribution in [0.2, 0.25) is 15.1 Å². The predicted molar refractivity (Wildman–Crippen MR) is 103 cm³/mol. The number of benzene rings is 2. The lowest BCUT2D eigenvalue weighted by Crippen LogP contribution is -2.27. The number of Topliss-reactive ketones (excluding diaryl/α,β-unsaturated/α-hetero) is 2. The molecule has 0 aliphatic carbocycles. The lowest BCUT2D eigenvalue weighted by atomic mass is 9.93. The van der Waals surface area contributed by atoms with E-state index in [2.05, 4.69) is 10.5 Å². The van der Waals surface area contributed by atoms with Gasteiger partial charge in [-0.2, -0.15) is 5.10 Å². The fourth-order valence-corrected chi connectivity index (χ4v) is 2.75. The summed E-state index contributed by atoms with van der Waals surface area (Å²) in [5.74, 6) is -1.26. The van der Waals surface area contributed by atoms with Crippen LogP contribution in [0.1, 0.15) is 24.2 Å². The van der Waals surface area contributed by atoms with Crippen LogP contribution in [0.5, 0.6) is 0 Å². The topological polar surface area (TPSA) is 58.5 Å². The van der Waals surface area contributed by atoms with Crippen LogP contribution in [0.15, 0.2) is 47.6 Å². The molecule has 0 fully saturated rings. The summed E-state index contributed by atoms with van der Waals surface area (Å²) in [5, 5.41) is 5.46. The van der Waals surface area contributed by atoms with Crippen LogP contribution in [-0.2, 0) is 4.79 Å². The summed E-state index contributed by atoms with van der Waals surface area (Å²) in [7, 11) is 0. The molecule has 0 saturated carbocycles. The van der Waals surface area contributed by atoms with Gasteiger partial charge >= 0.3 is 0 Å². The average molecular weight is 398 g/mol. The highest BCUT2D eigenvalue weighted by Crippen LogP contribution is 2.25. The second-order valence-corrected chi connectivity index (χ2v) is 6.66. The van der Waals surface area contributed by atoms with E-state index in [-0.39, 0.29) is 17.3 Å². The first kappa shape index (κ1) is 19.4. The van der Waals surface area contributed by atoms with Crippen molar-refractivity contribution >= 4 is 57.8 Å². The summed E-state index contributed by atoms with van der Waals surface area (Å²) in [6.07, 6.45) is 0. The molecule has 0 aromatic heterocycles. The van der Waals surface area contributed by atoms with E-state index < -0.39 is 5.92 Å². The van der Waals surface area contributed by atoms with Gasteiger partial charge in [0.05, 0.1) is 16.6 Å². The summed E-state index contributed by atoms with van der Waals surface area (Å²) in [4.78, 5) is 24.5. The zero-order valence-corrected chi connectivity index (χ0v) is 15.8. The third-order valence-electron chi connectivity index (χ3n) is 3.52. The van der Waals surface area contributed by atoms with Gasteiger partial charge in [0.1, 0.15) is 5.71 Å². The summed E-state index contributed by atoms with van der Waals surface area (Å²) < 4.78 is 0. The second kappa shape index (κ2) is 8.48. The molecule has 1 atom stereocenters. The van der Waals surface area contributed by atoms with Crippen molar-refractivity contribution in [3.05, 3.63) is 63.1 Å². The van der Waals surface area contributed by atoms with Crippen molar-refractivity contribution in [2.75, 3.05) is 5.43 Å². The molecule has 7 heteroatoms. The van der Waals surface area contributed by atoms with E-state index in [1.54, 1.807) is 49.4 Å². The average Bonchev–Trinajstić information content (AvgIpc) is 2.56. The Hall–Kier alpha value is -1.88. The van der Waals surface area contributed by atoms with Gasteiger partial charge in [0.2, 0.25) is 0 Å². The first-order valence-corrected chi connectivity index (χ1v) is 8.52. The number of hydrazone groups is 1. The quantitative estimate of drug-likeness (QED) is 0.396. The lowest BCUT2D eigenvalue weighted by Gasteiger charge is -2.13. The molecule has 130 valence electrons. The van der Waals surface area contributed by atoms with Crippen molar-refractivity contribution in [1.29, 1.82) is 0 Å². The van der Waals surface area contributed by atoms with E-state index in [1.165, 1.54) is 6.92 Å². The Bertz CT molecular complexity index is 833. The molecule has 0 saturated heterocycles. The number of carbonyl (C=O) groups excluding carboxylic acids is 2. The van der Waals surface area contributed by atoms with Gasteiger partial charge in [0.15, 0.2) is 11.6 Å². The van der Waals surface area contributed by atoms with Crippen LogP contribution in [0, 0.1) is 5.92 Å². The molecule has 0 radical (unpaired) electrons. The highest BCUT2D eigenvalue weighted by molar-refractivity contribution is 6.44. The molecule has 0 aliphatic heterocycles. The Morgan fingerprint density at radius 1 is 1.00 bits per heavy atom. The minimum Gasteiger partial charge on any atom is -0.293 e. The minimum atomic E-state index is -0.725. The van der Waals surface area contributed by atoms with Crippen LogP contribution >= 0.6 is 34.8 Å². The van der Waals surface area contributed by atoms with Crippen molar-refractivity contribution in [2.24, 2.45) is 11.0 Å². The van der Waals surface area contributed by atoms with Crippen LogP contribution in [-0.4, -0.2) is 17.3 Å². The molecule has 0 amide bonds. The third kappa shape index (κ3) is 5.05. The molecule has 0 aliphatic rings. The van der Waals surface area contributed by atoms with Crippen molar-refractivity contribution in [3.63, 3.8) is 0 Å². The SMILES string of the molecule is CC(=O)/C(=N\Nc1ccc(Cl)cc1Cl)C(C)C(=O)c1ccc(Cl)cc1. The van der Waals surface area contributed by atoms with E-state index in [9.17, 15) is 9.59 Å². The lowest BCUT2D eigenvalue weighted by molar-refractivity contribution is -0.111. The van der Waals surface area contributed by atoms with Gasteiger partial charge in [-0.3, -0.25) is 15.0 Å². The molecular weight excluding hydrogens is 383 g/mol. The largest absolute Gasteiger partial charge is 0.293 e. The van der Waals surface area contributed by atoms with E-state index in [4.69, 9.17) is 34.8 Å². The Morgan fingerprint density at radius 2 is 1.60 bits per heavy atom. The number of anilines is 1. The Balaban J connectivity index is 2.25. The van der Waals surface area contributed by atoms with Crippen molar-refractivity contribution in [2.45, 2.75) is 13.8 Å². The van der Waals surface area contributed by atoms with Gasteiger partial charge in [-0.05, 0) is 49.4 Å². The maximum atomic E-state index is 12.6. The van der Waals surface area contributed by atoms with Gasteiger partial charge in [-0.15, -0.1) is 0 Å². The Morgan fingerprint density at radius 3 is 2.16 bits per heavy atom. The number of nitrogens with zero attached hydrogens (tertiary/aromatic N) is 1. The zero-order valence-electron chi connectivity index (χ0n) is 13.5. The summed E-state index contributed by atoms with van der Waals surface area (Å²) in [6.45, 7) is 2.98. The van der Waals surface area contributed by atoms with E-state index in [0.29, 0.717) is 26.3 Å². The highest BCUT2D eigenvalue weighted by Gasteiger charge is 2.24. The number of rotatable bonds is 6. The molecule has 4 nitrogen and oxygen atoms in total. The highest BCUT2D eigenvalue weighted by atomic mass is 35.5. The van der Waals surface area contributed by atoms with Gasteiger partial charge in [0.25, 0.3) is 0 Å². The Labute approximate surface area is 160 Å². The first-order chi connectivity index (χ1) is 11.8. The molecule has 2 rings (SSSR count). The minimum absolute atomic E-state index is 0.103. The molecular formula is C18H15Cl3N2O2. The van der Waals surface area contributed by atoms with Crippen molar-refractivity contribution in [3.8, 4) is 0 Å². The molecule has 2 aromatic rings. The summed E-state index contributed by atoms with van der Waals surface area (Å²) in [5.41, 5.74) is 3.76. The normalized spacial score (nSPS) is 12.6. The molecule has 25 heavy (non-hydrogen) atoms. The Kier molecular flexibility index (Phi) is 6.59. The number of carbonyl (C=O) groups is 2. The molecule has 0 heterocycles. The standard InChI is InChI=1S/C18H15Cl3N2O2/c1-10(18(25)12-3-5-13(19)6-4-12)17(11(2)24)23-22-16-8-7-14(20)9-15(16)21/h3-10,22H,1-2H3/b23-17-. The van der Waals surface area contributed by atoms with Crippen molar-refractivity contribution < 1.29 is 9.59 Å². The summed E-state index contributed by atoms with van der Waals surface area (Å²) >= 11 is 17.7. The molecule has 0 spiro atoms. The molecule has 1 N–H and O–H groups in total. The van der Waals surface area contributed by atoms with Gasteiger partial charge in [-0.25, -0.2) is 0 Å². The van der Waals surface area contributed by atoms with Gasteiger partial charge in [-0.1, -0.05) is 34.8 Å². The number of hydrogen-bond acceptors (Lipinski definition) is 4. The first-order valence-electron chi connectivity index (χ1n) is 7.39. The second-order valence-electron chi connectivity index (χ2n) is 5.38. The van der Waals surface area contributed by atoms with Crippen molar-refractivity contribution in [1.82, 2.24) is 0 Å². The van der Waals surface area contributed by atoms with Crippen LogP contribution in [0.4, 0.5) is 5.69 Å². The van der Waals surface area contributed by atoms with E-state index >= 15 is 0 Å². The number of ketones is 2. The monoisotopic (exact) mass is 396 g/mol. The maximum absolute atomic E-state index is 12.6. The van der Waals surface area contributed by atoms with E-state index in [0.717, 1.165) is 0 Å². The third-order valence-corrected chi connectivity index (χ3v) is 4.32. The number of nitrogens with one attached hydrogen (secondary N) is 1. The molecule has 2 aromatic carbocycles. The fourth-order valence-electron chi connectivity index (χ4n) is 2.17.